The summed E-state index contributed by atoms with van der Waals surface area (Å²) in [6.45, 7) is 4.33. The van der Waals surface area contributed by atoms with Crippen molar-refractivity contribution in [3.05, 3.63) is 217 Å². The molecule has 0 saturated carbocycles. The van der Waals surface area contributed by atoms with Crippen molar-refractivity contribution in [2.24, 2.45) is 15.0 Å². The highest BCUT2D eigenvalue weighted by Crippen LogP contribution is 2.39. The van der Waals surface area contributed by atoms with Gasteiger partial charge in [0.1, 0.15) is 11.2 Å². The van der Waals surface area contributed by atoms with Crippen LogP contribution in [-0.2, 0) is 6.54 Å². The Labute approximate surface area is 367 Å². The Bertz CT molecular complexity index is 3820. The molecule has 0 spiro atoms. The van der Waals surface area contributed by atoms with Crippen molar-refractivity contribution in [3.8, 4) is 22.3 Å². The molecule has 296 valence electrons. The van der Waals surface area contributed by atoms with Crippen LogP contribution in [0.2, 0.25) is 0 Å². The second kappa shape index (κ2) is 15.2. The van der Waals surface area contributed by atoms with Gasteiger partial charge in [-0.15, -0.1) is 11.3 Å². The van der Waals surface area contributed by atoms with E-state index in [1.54, 1.807) is 0 Å². The normalized spacial score (nSPS) is 12.4. The molecule has 0 aliphatic rings. The van der Waals surface area contributed by atoms with Crippen LogP contribution in [0.25, 0.3) is 96.7 Å². The van der Waals surface area contributed by atoms with Crippen LogP contribution in [0.3, 0.4) is 0 Å². The summed E-state index contributed by atoms with van der Waals surface area (Å²) < 4.78 is 9.08. The molecule has 0 unspecified atom stereocenters. The molecule has 0 N–H and O–H groups in total. The first-order chi connectivity index (χ1) is 31.1. The van der Waals surface area contributed by atoms with Gasteiger partial charge < -0.3 is 4.42 Å². The maximum absolute atomic E-state index is 6.55. The summed E-state index contributed by atoms with van der Waals surface area (Å²) in [6, 6.07) is 71.0. The van der Waals surface area contributed by atoms with Crippen molar-refractivity contribution in [2.45, 2.75) is 6.54 Å². The van der Waals surface area contributed by atoms with Gasteiger partial charge in [-0.05, 0) is 115 Å². The van der Waals surface area contributed by atoms with E-state index in [1.807, 2.05) is 47.7 Å². The average molecular weight is 824 g/mol. The van der Waals surface area contributed by atoms with Crippen molar-refractivity contribution >= 4 is 104 Å². The fraction of sp³-hybridized carbons (Fsp3) is 0.0172. The minimum Gasteiger partial charge on any atom is -0.456 e. The number of aliphatic imine (C=N–C) groups is 3. The average Bonchev–Trinajstić information content (AvgIpc) is 3.91. The van der Waals surface area contributed by atoms with Gasteiger partial charge >= 0.3 is 0 Å². The van der Waals surface area contributed by atoms with Crippen molar-refractivity contribution in [2.75, 3.05) is 0 Å². The van der Waals surface area contributed by atoms with Crippen LogP contribution in [-0.4, -0.2) is 18.4 Å². The van der Waals surface area contributed by atoms with E-state index >= 15 is 0 Å². The van der Waals surface area contributed by atoms with E-state index in [9.17, 15) is 0 Å². The zero-order chi connectivity index (χ0) is 41.9. The second-order valence-corrected chi connectivity index (χ2v) is 17.1. The minimum absolute atomic E-state index is 0.454. The highest BCUT2D eigenvalue weighted by Gasteiger charge is 2.15. The standard InChI is InChI=1S/C58H37N3OS/c1-59-57(37-12-3-2-4-13-37)61-58(60-35-36-22-26-50-49-20-9-10-21-55(49)63-56(50)30-36)42-24-28-48-52-33-41(25-29-53(52)62-54(48)34-42)39-15-11-14-38(31-39)40-23-27-47-45-18-6-5-16-43(45)44-17-7-8-19-46(44)51(47)32-40/h2-34H,1,35H2. The Balaban J connectivity index is 0.909. The van der Waals surface area contributed by atoms with Gasteiger partial charge in [-0.2, -0.15) is 0 Å². The van der Waals surface area contributed by atoms with Crippen LogP contribution in [0.15, 0.2) is 220 Å². The fourth-order valence-electron chi connectivity index (χ4n) is 9.17. The zero-order valence-electron chi connectivity index (χ0n) is 34.1. The number of amidine groups is 2. The zero-order valence-corrected chi connectivity index (χ0v) is 34.9. The highest BCUT2D eigenvalue weighted by molar-refractivity contribution is 7.25. The third kappa shape index (κ3) is 6.49. The van der Waals surface area contributed by atoms with Gasteiger partial charge in [0.05, 0.1) is 6.54 Å². The number of hydrogen-bond acceptors (Lipinski definition) is 3. The van der Waals surface area contributed by atoms with Crippen molar-refractivity contribution in [3.63, 3.8) is 0 Å². The van der Waals surface area contributed by atoms with E-state index < -0.39 is 0 Å². The van der Waals surface area contributed by atoms with Gasteiger partial charge in [0.15, 0.2) is 11.7 Å². The number of fused-ring (bicyclic) bond motifs is 12. The molecule has 0 fully saturated rings. The van der Waals surface area contributed by atoms with Gasteiger partial charge in [-0.3, -0.25) is 4.99 Å². The van der Waals surface area contributed by atoms with Gasteiger partial charge in [0, 0.05) is 42.1 Å². The highest BCUT2D eigenvalue weighted by atomic mass is 32.1. The van der Waals surface area contributed by atoms with Crippen molar-refractivity contribution < 1.29 is 4.42 Å². The van der Waals surface area contributed by atoms with Crippen LogP contribution in [0.4, 0.5) is 0 Å². The largest absolute Gasteiger partial charge is 0.456 e. The molecular formula is C58H37N3OS. The summed E-state index contributed by atoms with van der Waals surface area (Å²) >= 11 is 1.81. The molecule has 10 aromatic carbocycles. The molecule has 5 heteroatoms. The molecular weight excluding hydrogens is 787 g/mol. The number of rotatable bonds is 6. The summed E-state index contributed by atoms with van der Waals surface area (Å²) in [7, 11) is 0. The number of furan rings is 1. The van der Waals surface area contributed by atoms with E-state index in [-0.39, 0.29) is 0 Å². The molecule has 0 aliphatic heterocycles. The molecule has 4 nitrogen and oxygen atoms in total. The summed E-state index contributed by atoms with van der Waals surface area (Å²) in [5.41, 5.74) is 9.05. The lowest BCUT2D eigenvalue weighted by molar-refractivity contribution is 0.669. The lowest BCUT2D eigenvalue weighted by Gasteiger charge is -2.12. The third-order valence-electron chi connectivity index (χ3n) is 12.3. The first-order valence-electron chi connectivity index (χ1n) is 21.1. The molecule has 0 radical (unpaired) electrons. The molecule has 12 aromatic rings. The predicted octanol–water partition coefficient (Wildman–Crippen LogP) is 15.8. The maximum atomic E-state index is 6.55. The molecule has 63 heavy (non-hydrogen) atoms. The monoisotopic (exact) mass is 823 g/mol. The van der Waals surface area contributed by atoms with Gasteiger partial charge in [0.2, 0.25) is 0 Å². The van der Waals surface area contributed by atoms with Crippen LogP contribution in [0, 0.1) is 0 Å². The third-order valence-corrected chi connectivity index (χ3v) is 13.4. The van der Waals surface area contributed by atoms with E-state index in [2.05, 4.69) is 176 Å². The molecule has 12 rings (SSSR count). The van der Waals surface area contributed by atoms with Gasteiger partial charge in [-0.1, -0.05) is 152 Å². The molecule has 2 aromatic heterocycles. The van der Waals surface area contributed by atoms with Crippen LogP contribution in [0.1, 0.15) is 16.7 Å². The topological polar surface area (TPSA) is 50.2 Å². The van der Waals surface area contributed by atoms with Gasteiger partial charge in [-0.25, -0.2) is 9.98 Å². The summed E-state index contributed by atoms with van der Waals surface area (Å²) in [5.74, 6) is 1.07. The molecule has 0 amide bonds. The minimum atomic E-state index is 0.454. The SMILES string of the molecule is C=NC(=NC(=NCc1ccc2c(c1)sc1ccccc12)c1ccc2c(c1)oc1ccc(-c3cccc(-c4ccc5c6ccccc6c6ccccc6c5c4)c3)cc12)c1ccccc1. The molecule has 2 heterocycles. The van der Waals surface area contributed by atoms with E-state index in [1.165, 1.54) is 63.6 Å². The van der Waals surface area contributed by atoms with Crippen LogP contribution < -0.4 is 0 Å². The smallest absolute Gasteiger partial charge is 0.161 e. The molecule has 0 saturated heterocycles. The number of hydrogen-bond donors (Lipinski definition) is 0. The van der Waals surface area contributed by atoms with E-state index in [0.717, 1.165) is 49.8 Å². The van der Waals surface area contributed by atoms with Crippen LogP contribution >= 0.6 is 11.3 Å². The Morgan fingerprint density at radius 2 is 0.984 bits per heavy atom. The Morgan fingerprint density at radius 1 is 0.397 bits per heavy atom. The molecule has 0 atom stereocenters. The Kier molecular flexibility index (Phi) is 8.87. The number of thiophene rings is 1. The van der Waals surface area contributed by atoms with E-state index in [0.29, 0.717) is 18.2 Å². The second-order valence-electron chi connectivity index (χ2n) is 16.0. The lowest BCUT2D eigenvalue weighted by atomic mass is 9.91. The fourth-order valence-corrected chi connectivity index (χ4v) is 10.3. The summed E-state index contributed by atoms with van der Waals surface area (Å²) in [5, 5.41) is 12.3. The van der Waals surface area contributed by atoms with Crippen molar-refractivity contribution in [1.82, 2.24) is 0 Å². The Morgan fingerprint density at radius 3 is 1.73 bits per heavy atom. The van der Waals surface area contributed by atoms with E-state index in [4.69, 9.17) is 14.4 Å². The number of benzene rings is 10. The van der Waals surface area contributed by atoms with Crippen molar-refractivity contribution in [1.29, 1.82) is 0 Å². The first kappa shape index (κ1) is 36.8. The molecule has 0 bridgehead atoms. The maximum Gasteiger partial charge on any atom is 0.161 e. The van der Waals surface area contributed by atoms with Crippen LogP contribution in [0.5, 0.6) is 0 Å². The summed E-state index contributed by atoms with van der Waals surface area (Å²) in [6.07, 6.45) is 0. The quantitative estimate of drug-likeness (QED) is 0.0936. The Hall–Kier alpha value is -7.99. The van der Waals surface area contributed by atoms with Gasteiger partial charge in [0.25, 0.3) is 0 Å². The summed E-state index contributed by atoms with van der Waals surface area (Å²) in [4.78, 5) is 14.5. The first-order valence-corrected chi connectivity index (χ1v) is 21.9. The lowest BCUT2D eigenvalue weighted by Crippen LogP contribution is -2.05. The predicted molar refractivity (Wildman–Crippen MR) is 269 cm³/mol. The molecule has 0 aliphatic carbocycles. The number of nitrogens with zero attached hydrogens (tertiary/aromatic N) is 3.